The molecule has 2 nitrogen and oxygen atoms in total. The lowest BCUT2D eigenvalue weighted by Gasteiger charge is -2.25. The van der Waals surface area contributed by atoms with E-state index in [0.29, 0.717) is 17.9 Å². The number of halogens is 2. The van der Waals surface area contributed by atoms with Gasteiger partial charge in [0.1, 0.15) is 5.75 Å². The van der Waals surface area contributed by atoms with Crippen LogP contribution in [0.25, 0.3) is 0 Å². The van der Waals surface area contributed by atoms with E-state index in [-0.39, 0.29) is 0 Å². The number of hydrogen-bond acceptors (Lipinski definition) is 2. The predicted molar refractivity (Wildman–Crippen MR) is 88.1 cm³/mol. The van der Waals surface area contributed by atoms with Crippen LogP contribution in [0, 0.1) is 0 Å². The average molecular weight is 368 g/mol. The molecule has 110 valence electrons. The first-order valence-electron chi connectivity index (χ1n) is 6.85. The molecule has 1 N–H and O–H groups in total. The Morgan fingerprint density at radius 3 is 2.81 bits per heavy atom. The van der Waals surface area contributed by atoms with E-state index in [0.717, 1.165) is 27.8 Å². The molecule has 0 saturated heterocycles. The van der Waals surface area contributed by atoms with Crippen LogP contribution < -0.4 is 4.74 Å². The van der Waals surface area contributed by atoms with E-state index >= 15 is 0 Å². The molecular weight excluding hydrogens is 352 g/mol. The van der Waals surface area contributed by atoms with Gasteiger partial charge in [0, 0.05) is 15.9 Å². The molecule has 0 spiro atoms. The van der Waals surface area contributed by atoms with Crippen molar-refractivity contribution < 1.29 is 9.84 Å². The van der Waals surface area contributed by atoms with Crippen LogP contribution in [-0.2, 0) is 18.4 Å². The first-order valence-corrected chi connectivity index (χ1v) is 8.03. The second kappa shape index (κ2) is 5.64. The summed E-state index contributed by atoms with van der Waals surface area (Å²) in [5, 5.41) is 11.8. The third kappa shape index (κ3) is 2.83. The van der Waals surface area contributed by atoms with Crippen LogP contribution >= 0.6 is 27.5 Å². The number of aliphatic hydroxyl groups is 1. The van der Waals surface area contributed by atoms with Gasteiger partial charge in [0.25, 0.3) is 0 Å². The van der Waals surface area contributed by atoms with Crippen molar-refractivity contribution in [1.82, 2.24) is 0 Å². The van der Waals surface area contributed by atoms with Crippen LogP contribution in [-0.4, -0.2) is 12.2 Å². The molecule has 0 saturated carbocycles. The van der Waals surface area contributed by atoms with Crippen molar-refractivity contribution >= 4 is 27.5 Å². The van der Waals surface area contributed by atoms with Gasteiger partial charge in [-0.1, -0.05) is 39.7 Å². The number of methoxy groups -OCH3 is 1. The average Bonchev–Trinajstić information content (AvgIpc) is 2.79. The second-order valence-electron chi connectivity index (χ2n) is 5.47. The van der Waals surface area contributed by atoms with Gasteiger partial charge < -0.3 is 9.84 Å². The molecule has 0 fully saturated rings. The topological polar surface area (TPSA) is 29.5 Å². The van der Waals surface area contributed by atoms with Gasteiger partial charge in [-0.25, -0.2) is 0 Å². The SMILES string of the molecule is COc1ccc2c(c1)C(O)(Cc1ccc(Br)cc1Cl)CC2. The zero-order valence-corrected chi connectivity index (χ0v) is 14.0. The summed E-state index contributed by atoms with van der Waals surface area (Å²) >= 11 is 9.69. The van der Waals surface area contributed by atoms with Crippen molar-refractivity contribution in [3.63, 3.8) is 0 Å². The summed E-state index contributed by atoms with van der Waals surface area (Å²) in [5.41, 5.74) is 2.23. The van der Waals surface area contributed by atoms with Crippen LogP contribution in [0.2, 0.25) is 5.02 Å². The fourth-order valence-corrected chi connectivity index (χ4v) is 3.71. The normalized spacial score (nSPS) is 20.4. The molecule has 1 atom stereocenters. The molecule has 2 aromatic carbocycles. The van der Waals surface area contributed by atoms with E-state index in [1.54, 1.807) is 7.11 Å². The Hall–Kier alpha value is -1.03. The van der Waals surface area contributed by atoms with Crippen molar-refractivity contribution in [3.05, 3.63) is 62.6 Å². The molecule has 1 aliphatic carbocycles. The monoisotopic (exact) mass is 366 g/mol. The van der Waals surface area contributed by atoms with Crippen molar-refractivity contribution in [2.75, 3.05) is 7.11 Å². The van der Waals surface area contributed by atoms with Crippen LogP contribution in [0.1, 0.15) is 23.1 Å². The third-order valence-electron chi connectivity index (χ3n) is 4.12. The fraction of sp³-hybridized carbons (Fsp3) is 0.294. The minimum Gasteiger partial charge on any atom is -0.497 e. The van der Waals surface area contributed by atoms with Crippen molar-refractivity contribution in [2.45, 2.75) is 24.9 Å². The molecule has 0 aliphatic heterocycles. The maximum absolute atomic E-state index is 11.1. The van der Waals surface area contributed by atoms with Crippen molar-refractivity contribution in [3.8, 4) is 5.75 Å². The van der Waals surface area contributed by atoms with Gasteiger partial charge in [-0.2, -0.15) is 0 Å². The number of rotatable bonds is 3. The molecule has 1 unspecified atom stereocenters. The van der Waals surface area contributed by atoms with Gasteiger partial charge in [-0.05, 0) is 53.8 Å². The Bertz CT molecular complexity index is 686. The van der Waals surface area contributed by atoms with Crippen molar-refractivity contribution in [1.29, 1.82) is 0 Å². The van der Waals surface area contributed by atoms with Gasteiger partial charge in [-0.15, -0.1) is 0 Å². The standard InChI is InChI=1S/C17H16BrClO2/c1-21-14-5-3-11-6-7-17(20,15(11)9-14)10-12-2-4-13(18)8-16(12)19/h2-5,8-9,20H,6-7,10H2,1H3. The van der Waals surface area contributed by atoms with Gasteiger partial charge in [0.15, 0.2) is 0 Å². The summed E-state index contributed by atoms with van der Waals surface area (Å²) in [7, 11) is 1.64. The highest BCUT2D eigenvalue weighted by Crippen LogP contribution is 2.42. The van der Waals surface area contributed by atoms with E-state index < -0.39 is 5.60 Å². The predicted octanol–water partition coefficient (Wildman–Crippen LogP) is 4.49. The van der Waals surface area contributed by atoms with Gasteiger partial charge in [0.05, 0.1) is 12.7 Å². The van der Waals surface area contributed by atoms with Crippen LogP contribution in [0.5, 0.6) is 5.75 Å². The zero-order chi connectivity index (χ0) is 15.0. The lowest BCUT2D eigenvalue weighted by molar-refractivity contribution is 0.0388. The summed E-state index contributed by atoms with van der Waals surface area (Å²) in [5.74, 6) is 0.774. The number of benzene rings is 2. The number of fused-ring (bicyclic) bond motifs is 1. The Morgan fingerprint density at radius 1 is 1.29 bits per heavy atom. The maximum atomic E-state index is 11.1. The van der Waals surface area contributed by atoms with Crippen LogP contribution in [0.4, 0.5) is 0 Å². The second-order valence-corrected chi connectivity index (χ2v) is 6.79. The summed E-state index contributed by atoms with van der Waals surface area (Å²) in [6, 6.07) is 11.7. The molecule has 21 heavy (non-hydrogen) atoms. The molecule has 2 aromatic rings. The van der Waals surface area contributed by atoms with E-state index in [9.17, 15) is 5.11 Å². The molecule has 0 bridgehead atoms. The smallest absolute Gasteiger partial charge is 0.119 e. The lowest BCUT2D eigenvalue weighted by atomic mass is 9.88. The Labute approximate surface area is 137 Å². The third-order valence-corrected chi connectivity index (χ3v) is 4.97. The summed E-state index contributed by atoms with van der Waals surface area (Å²) in [6.45, 7) is 0. The maximum Gasteiger partial charge on any atom is 0.119 e. The first-order chi connectivity index (χ1) is 10.0. The minimum atomic E-state index is -0.874. The largest absolute Gasteiger partial charge is 0.497 e. The van der Waals surface area contributed by atoms with E-state index in [2.05, 4.69) is 15.9 Å². The lowest BCUT2D eigenvalue weighted by Crippen LogP contribution is -2.25. The highest BCUT2D eigenvalue weighted by Gasteiger charge is 2.37. The molecular formula is C17H16BrClO2. The van der Waals surface area contributed by atoms with Gasteiger partial charge in [0.2, 0.25) is 0 Å². The molecule has 1 aliphatic rings. The minimum absolute atomic E-state index is 0.513. The Morgan fingerprint density at radius 2 is 2.10 bits per heavy atom. The molecule has 0 heterocycles. The molecule has 4 heteroatoms. The van der Waals surface area contributed by atoms with E-state index in [4.69, 9.17) is 16.3 Å². The van der Waals surface area contributed by atoms with E-state index in [1.165, 1.54) is 5.56 Å². The van der Waals surface area contributed by atoms with Crippen LogP contribution in [0.3, 0.4) is 0 Å². The molecule has 0 radical (unpaired) electrons. The number of hydrogen-bond donors (Lipinski definition) is 1. The van der Waals surface area contributed by atoms with Crippen LogP contribution in [0.15, 0.2) is 40.9 Å². The first kappa shape index (κ1) is 14.9. The highest BCUT2D eigenvalue weighted by molar-refractivity contribution is 9.10. The van der Waals surface area contributed by atoms with Gasteiger partial charge >= 0.3 is 0 Å². The quantitative estimate of drug-likeness (QED) is 0.866. The zero-order valence-electron chi connectivity index (χ0n) is 11.7. The Kier molecular flexibility index (Phi) is 4.00. The molecule has 0 aromatic heterocycles. The molecule has 3 rings (SSSR count). The molecule has 0 amide bonds. The summed E-state index contributed by atoms with van der Waals surface area (Å²) < 4.78 is 6.22. The number of ether oxygens (including phenoxy) is 1. The van der Waals surface area contributed by atoms with Crippen molar-refractivity contribution in [2.24, 2.45) is 0 Å². The number of aryl methyl sites for hydroxylation is 1. The highest BCUT2D eigenvalue weighted by atomic mass is 79.9. The van der Waals surface area contributed by atoms with Gasteiger partial charge in [-0.3, -0.25) is 0 Å². The van der Waals surface area contributed by atoms with E-state index in [1.807, 2.05) is 36.4 Å². The summed E-state index contributed by atoms with van der Waals surface area (Å²) in [4.78, 5) is 0. The Balaban J connectivity index is 1.96. The fourth-order valence-electron chi connectivity index (χ4n) is 2.97. The summed E-state index contributed by atoms with van der Waals surface area (Å²) in [6.07, 6.45) is 2.10.